The Morgan fingerprint density at radius 1 is 1.56 bits per heavy atom. The van der Waals surface area contributed by atoms with Gasteiger partial charge in [0.1, 0.15) is 11.7 Å². The predicted molar refractivity (Wildman–Crippen MR) is 69.9 cm³/mol. The topological polar surface area (TPSA) is 53.9 Å². The van der Waals surface area contributed by atoms with Gasteiger partial charge in [0.2, 0.25) is 0 Å². The average Bonchev–Trinajstić information content (AvgIpc) is 2.78. The lowest BCUT2D eigenvalue weighted by Gasteiger charge is -2.11. The van der Waals surface area contributed by atoms with Crippen LogP contribution in [0.2, 0.25) is 0 Å². The summed E-state index contributed by atoms with van der Waals surface area (Å²) >= 11 is 3.23. The van der Waals surface area contributed by atoms with Crippen LogP contribution in [0.3, 0.4) is 0 Å². The lowest BCUT2D eigenvalue weighted by Crippen LogP contribution is -2.24. The van der Waals surface area contributed by atoms with Crippen LogP contribution in [0, 0.1) is 5.82 Å². The van der Waals surface area contributed by atoms with Crippen LogP contribution >= 0.6 is 15.9 Å². The van der Waals surface area contributed by atoms with Gasteiger partial charge in [-0.25, -0.2) is 4.39 Å². The van der Waals surface area contributed by atoms with E-state index in [0.29, 0.717) is 24.4 Å². The Bertz CT molecular complexity index is 454. The van der Waals surface area contributed by atoms with Crippen molar-refractivity contribution in [3.8, 4) is 0 Å². The molecule has 0 aliphatic carbocycles. The van der Waals surface area contributed by atoms with Gasteiger partial charge in [0.15, 0.2) is 0 Å². The minimum atomic E-state index is -0.220. The summed E-state index contributed by atoms with van der Waals surface area (Å²) in [6.45, 7) is 0.699. The first kappa shape index (κ1) is 13.5. The number of rotatable bonds is 4. The normalized spacial score (nSPS) is 18.8. The molecule has 1 aromatic rings. The van der Waals surface area contributed by atoms with Crippen molar-refractivity contribution >= 4 is 21.8 Å². The maximum Gasteiger partial charge on any atom is 0.127 e. The molecule has 1 atom stereocenters. The molecule has 0 unspecified atom stereocenters. The second kappa shape index (κ2) is 6.26. The summed E-state index contributed by atoms with van der Waals surface area (Å²) in [6, 6.07) is 5.06. The molecule has 2 N–H and O–H groups in total. The number of halogens is 2. The Morgan fingerprint density at radius 2 is 2.39 bits per heavy atom. The van der Waals surface area contributed by atoms with E-state index in [1.807, 2.05) is 6.07 Å². The molecular weight excluding hydrogens is 303 g/mol. The number of amidine groups is 1. The largest absolute Gasteiger partial charge is 0.394 e. The summed E-state index contributed by atoms with van der Waals surface area (Å²) in [5.74, 6) is 0.510. The van der Waals surface area contributed by atoms with E-state index in [1.54, 1.807) is 6.07 Å². The molecule has 0 radical (unpaired) electrons. The van der Waals surface area contributed by atoms with Crippen molar-refractivity contribution in [2.75, 3.05) is 19.8 Å². The van der Waals surface area contributed by atoms with Crippen LogP contribution in [0.5, 0.6) is 0 Å². The smallest absolute Gasteiger partial charge is 0.127 e. The highest BCUT2D eigenvalue weighted by Gasteiger charge is 2.23. The van der Waals surface area contributed by atoms with Crippen molar-refractivity contribution in [1.29, 1.82) is 0 Å². The molecule has 1 aromatic carbocycles. The third kappa shape index (κ3) is 3.28. The van der Waals surface area contributed by atoms with Gasteiger partial charge in [-0.05, 0) is 17.7 Å². The van der Waals surface area contributed by atoms with Gasteiger partial charge in [-0.3, -0.25) is 15.3 Å². The van der Waals surface area contributed by atoms with E-state index in [0.717, 1.165) is 4.47 Å². The van der Waals surface area contributed by atoms with E-state index in [-0.39, 0.29) is 24.9 Å². The summed E-state index contributed by atoms with van der Waals surface area (Å²) in [4.78, 5) is 9.22. The van der Waals surface area contributed by atoms with Crippen molar-refractivity contribution in [1.82, 2.24) is 5.48 Å². The van der Waals surface area contributed by atoms with Gasteiger partial charge in [-0.2, -0.15) is 0 Å². The molecule has 0 saturated heterocycles. The van der Waals surface area contributed by atoms with E-state index in [1.165, 1.54) is 6.07 Å². The SMILES string of the molecule is OCCONC1=NC[C@@H](c2ccc(Br)cc2F)C1. The van der Waals surface area contributed by atoms with Crippen LogP contribution in [-0.2, 0) is 4.84 Å². The molecule has 0 bridgehead atoms. The minimum Gasteiger partial charge on any atom is -0.394 e. The van der Waals surface area contributed by atoms with E-state index < -0.39 is 0 Å². The molecule has 6 heteroatoms. The van der Waals surface area contributed by atoms with E-state index >= 15 is 0 Å². The minimum absolute atomic E-state index is 0.0401. The van der Waals surface area contributed by atoms with Gasteiger partial charge < -0.3 is 5.11 Å². The molecule has 0 aromatic heterocycles. The van der Waals surface area contributed by atoms with Gasteiger partial charge in [-0.1, -0.05) is 22.0 Å². The number of aliphatic imine (C=N–C) groups is 1. The number of aliphatic hydroxyl groups is 1. The van der Waals surface area contributed by atoms with Crippen molar-refractivity contribution in [3.05, 3.63) is 34.1 Å². The molecule has 1 aliphatic heterocycles. The van der Waals surface area contributed by atoms with Crippen molar-refractivity contribution in [2.45, 2.75) is 12.3 Å². The fourth-order valence-corrected chi connectivity index (χ4v) is 2.21. The standard InChI is InChI=1S/C12H14BrFN2O2/c13-9-1-2-10(11(14)6-9)8-5-12(15-7-8)16-18-4-3-17/h1-2,6,8,17H,3-5,7H2,(H,15,16)/t8-/m0/s1. The van der Waals surface area contributed by atoms with E-state index in [4.69, 9.17) is 9.94 Å². The molecule has 4 nitrogen and oxygen atoms in total. The lowest BCUT2D eigenvalue weighted by molar-refractivity contribution is 0.0525. The van der Waals surface area contributed by atoms with Crippen molar-refractivity contribution in [2.24, 2.45) is 4.99 Å². The molecule has 2 rings (SSSR count). The van der Waals surface area contributed by atoms with Crippen molar-refractivity contribution in [3.63, 3.8) is 0 Å². The highest BCUT2D eigenvalue weighted by atomic mass is 79.9. The Labute approximate surface area is 113 Å². The zero-order valence-corrected chi connectivity index (χ0v) is 11.3. The van der Waals surface area contributed by atoms with Crippen LogP contribution < -0.4 is 5.48 Å². The van der Waals surface area contributed by atoms with Crippen LogP contribution in [-0.4, -0.2) is 30.7 Å². The summed E-state index contributed by atoms with van der Waals surface area (Å²) in [5.41, 5.74) is 3.34. The lowest BCUT2D eigenvalue weighted by atomic mass is 9.97. The van der Waals surface area contributed by atoms with Gasteiger partial charge in [0, 0.05) is 23.4 Å². The third-order valence-corrected chi connectivity index (χ3v) is 3.22. The first-order valence-electron chi connectivity index (χ1n) is 5.67. The Morgan fingerprint density at radius 3 is 3.11 bits per heavy atom. The average molecular weight is 317 g/mol. The van der Waals surface area contributed by atoms with E-state index in [2.05, 4.69) is 26.4 Å². The highest BCUT2D eigenvalue weighted by molar-refractivity contribution is 9.10. The van der Waals surface area contributed by atoms with Crippen molar-refractivity contribution < 1.29 is 14.3 Å². The summed E-state index contributed by atoms with van der Waals surface area (Å²) in [6.07, 6.45) is 0.615. The highest BCUT2D eigenvalue weighted by Crippen LogP contribution is 2.28. The number of hydrogen-bond acceptors (Lipinski definition) is 4. The third-order valence-electron chi connectivity index (χ3n) is 2.73. The summed E-state index contributed by atoms with van der Waals surface area (Å²) in [7, 11) is 0. The maximum atomic E-state index is 13.8. The second-order valence-electron chi connectivity index (χ2n) is 4.03. The molecule has 0 spiro atoms. The van der Waals surface area contributed by atoms with Crippen LogP contribution in [0.25, 0.3) is 0 Å². The zero-order chi connectivity index (χ0) is 13.0. The molecular formula is C12H14BrFN2O2. The molecule has 1 aliphatic rings. The van der Waals surface area contributed by atoms with Crippen LogP contribution in [0.1, 0.15) is 17.9 Å². The number of aliphatic hydroxyl groups excluding tert-OH is 1. The molecule has 0 fully saturated rings. The summed E-state index contributed by atoms with van der Waals surface area (Å²) in [5, 5.41) is 8.57. The van der Waals surface area contributed by atoms with Crippen LogP contribution in [0.4, 0.5) is 4.39 Å². The first-order chi connectivity index (χ1) is 8.70. The Balaban J connectivity index is 1.94. The maximum absolute atomic E-state index is 13.8. The fourth-order valence-electron chi connectivity index (χ4n) is 1.88. The quantitative estimate of drug-likeness (QED) is 0.660. The summed E-state index contributed by atoms with van der Waals surface area (Å²) < 4.78 is 14.5. The monoisotopic (exact) mass is 316 g/mol. The van der Waals surface area contributed by atoms with Gasteiger partial charge in [0.25, 0.3) is 0 Å². The number of nitrogens with zero attached hydrogens (tertiary/aromatic N) is 1. The molecule has 18 heavy (non-hydrogen) atoms. The van der Waals surface area contributed by atoms with Gasteiger partial charge in [0.05, 0.1) is 13.2 Å². The first-order valence-corrected chi connectivity index (χ1v) is 6.47. The predicted octanol–water partition coefficient (Wildman–Crippen LogP) is 1.99. The van der Waals surface area contributed by atoms with Crippen LogP contribution in [0.15, 0.2) is 27.7 Å². The molecule has 0 saturated carbocycles. The number of nitrogens with one attached hydrogen (secondary N) is 1. The fraction of sp³-hybridized carbons (Fsp3) is 0.417. The van der Waals surface area contributed by atoms with Gasteiger partial charge >= 0.3 is 0 Å². The Kier molecular flexibility index (Phi) is 4.68. The number of hydroxylamine groups is 1. The number of hydrogen-bond donors (Lipinski definition) is 2. The number of benzene rings is 1. The van der Waals surface area contributed by atoms with E-state index in [9.17, 15) is 4.39 Å². The Hall–Kier alpha value is -0.980. The second-order valence-corrected chi connectivity index (χ2v) is 4.94. The molecule has 98 valence electrons. The molecule has 0 amide bonds. The van der Waals surface area contributed by atoms with Gasteiger partial charge in [-0.15, -0.1) is 0 Å². The molecule has 1 heterocycles. The zero-order valence-electron chi connectivity index (χ0n) is 9.70.